The molecule has 98 valence electrons. The van der Waals surface area contributed by atoms with Gasteiger partial charge in [-0.1, -0.05) is 48.5 Å². The van der Waals surface area contributed by atoms with E-state index in [4.69, 9.17) is 4.74 Å². The fourth-order valence-corrected chi connectivity index (χ4v) is 2.65. The van der Waals surface area contributed by atoms with Gasteiger partial charge < -0.3 is 9.64 Å². The van der Waals surface area contributed by atoms with Crippen molar-refractivity contribution in [1.82, 2.24) is 0 Å². The van der Waals surface area contributed by atoms with Gasteiger partial charge in [-0.25, -0.2) is 0 Å². The maximum Gasteiger partial charge on any atom is 0.120 e. The van der Waals surface area contributed by atoms with Crippen LogP contribution in [0.2, 0.25) is 0 Å². The summed E-state index contributed by atoms with van der Waals surface area (Å²) in [6.45, 7) is 2.93. The first-order chi connectivity index (χ1) is 9.34. The molecule has 0 N–H and O–H groups in total. The Balaban J connectivity index is 1.73. The summed E-state index contributed by atoms with van der Waals surface area (Å²) in [5.41, 5.74) is 2.52. The van der Waals surface area contributed by atoms with Gasteiger partial charge in [0.1, 0.15) is 6.73 Å². The molecule has 0 spiro atoms. The second-order valence-corrected chi connectivity index (χ2v) is 5.09. The fraction of sp³-hybridized carbons (Fsp3) is 0.294. The van der Waals surface area contributed by atoms with Gasteiger partial charge in [-0.3, -0.25) is 0 Å². The second kappa shape index (κ2) is 5.45. The number of rotatable bonds is 2. The zero-order valence-electron chi connectivity index (χ0n) is 11.2. The first-order valence-electron chi connectivity index (χ1n) is 6.83. The summed E-state index contributed by atoms with van der Waals surface area (Å²) in [5.74, 6) is 0. The van der Waals surface area contributed by atoms with Crippen LogP contribution in [0.25, 0.3) is 0 Å². The van der Waals surface area contributed by atoms with E-state index in [1.165, 1.54) is 11.3 Å². The van der Waals surface area contributed by atoms with E-state index in [0.717, 1.165) is 6.42 Å². The molecule has 2 heteroatoms. The minimum Gasteiger partial charge on any atom is -0.353 e. The maximum atomic E-state index is 6.03. The van der Waals surface area contributed by atoms with Crippen LogP contribution in [0.4, 0.5) is 5.69 Å². The quantitative estimate of drug-likeness (QED) is 0.802. The van der Waals surface area contributed by atoms with Crippen molar-refractivity contribution in [3.05, 3.63) is 66.2 Å². The average Bonchev–Trinajstić information content (AvgIpc) is 2.49. The largest absolute Gasteiger partial charge is 0.353 e. The van der Waals surface area contributed by atoms with E-state index in [2.05, 4.69) is 60.4 Å². The standard InChI is InChI=1S/C17H19NO/c1-14-12-17(15-8-4-2-5-9-15)19-13-18(14)16-10-6-3-7-11-16/h2-11,14,17H,12-13H2,1H3/t14-,17-/m0/s1. The molecule has 2 nitrogen and oxygen atoms in total. The highest BCUT2D eigenvalue weighted by Gasteiger charge is 2.26. The molecule has 0 aromatic heterocycles. The third-order valence-electron chi connectivity index (χ3n) is 3.76. The summed E-state index contributed by atoms with van der Waals surface area (Å²) in [5, 5.41) is 0. The van der Waals surface area contributed by atoms with Crippen LogP contribution >= 0.6 is 0 Å². The maximum absolute atomic E-state index is 6.03. The Morgan fingerprint density at radius 1 is 0.947 bits per heavy atom. The number of nitrogens with zero attached hydrogens (tertiary/aromatic N) is 1. The molecule has 0 amide bonds. The van der Waals surface area contributed by atoms with Gasteiger partial charge in [-0.15, -0.1) is 0 Å². The Kier molecular flexibility index (Phi) is 3.51. The number of anilines is 1. The van der Waals surface area contributed by atoms with Crippen LogP contribution in [-0.4, -0.2) is 12.8 Å². The molecular weight excluding hydrogens is 234 g/mol. The van der Waals surface area contributed by atoms with E-state index in [0.29, 0.717) is 12.8 Å². The van der Waals surface area contributed by atoms with Crippen LogP contribution in [0, 0.1) is 0 Å². The molecule has 0 aliphatic carbocycles. The molecule has 1 aliphatic heterocycles. The van der Waals surface area contributed by atoms with Crippen molar-refractivity contribution in [2.45, 2.75) is 25.5 Å². The molecule has 1 aliphatic rings. The number of hydrogen-bond acceptors (Lipinski definition) is 2. The van der Waals surface area contributed by atoms with Gasteiger partial charge >= 0.3 is 0 Å². The van der Waals surface area contributed by atoms with Gasteiger partial charge in [0, 0.05) is 11.7 Å². The lowest BCUT2D eigenvalue weighted by molar-refractivity contribution is 0.0104. The molecule has 2 aromatic carbocycles. The van der Waals surface area contributed by atoms with E-state index in [9.17, 15) is 0 Å². The lowest BCUT2D eigenvalue weighted by Gasteiger charge is -2.39. The molecule has 3 rings (SSSR count). The van der Waals surface area contributed by atoms with Crippen LogP contribution in [0.1, 0.15) is 25.0 Å². The highest BCUT2D eigenvalue weighted by molar-refractivity contribution is 5.47. The van der Waals surface area contributed by atoms with E-state index in [1.54, 1.807) is 0 Å². The summed E-state index contributed by atoms with van der Waals surface area (Å²) < 4.78 is 6.03. The fourth-order valence-electron chi connectivity index (χ4n) is 2.65. The molecule has 2 aromatic rings. The van der Waals surface area contributed by atoms with E-state index >= 15 is 0 Å². The van der Waals surface area contributed by atoms with Crippen molar-refractivity contribution in [2.24, 2.45) is 0 Å². The first-order valence-corrected chi connectivity index (χ1v) is 6.83. The van der Waals surface area contributed by atoms with Crippen molar-refractivity contribution in [3.63, 3.8) is 0 Å². The Bertz CT molecular complexity index is 511. The number of hydrogen-bond donors (Lipinski definition) is 0. The van der Waals surface area contributed by atoms with Gasteiger partial charge in [0.2, 0.25) is 0 Å². The van der Waals surface area contributed by atoms with Crippen molar-refractivity contribution < 1.29 is 4.74 Å². The van der Waals surface area contributed by atoms with Crippen LogP contribution in [-0.2, 0) is 4.74 Å². The number of para-hydroxylation sites is 1. The minimum absolute atomic E-state index is 0.219. The highest BCUT2D eigenvalue weighted by atomic mass is 16.5. The third kappa shape index (κ3) is 2.64. The van der Waals surface area contributed by atoms with E-state index < -0.39 is 0 Å². The van der Waals surface area contributed by atoms with Crippen molar-refractivity contribution in [2.75, 3.05) is 11.6 Å². The smallest absolute Gasteiger partial charge is 0.120 e. The molecule has 0 bridgehead atoms. The van der Waals surface area contributed by atoms with E-state index in [-0.39, 0.29) is 6.10 Å². The molecule has 1 fully saturated rings. The lowest BCUT2D eigenvalue weighted by Crippen LogP contribution is -2.41. The topological polar surface area (TPSA) is 12.5 Å². The first kappa shape index (κ1) is 12.2. The van der Waals surface area contributed by atoms with Crippen molar-refractivity contribution in [1.29, 1.82) is 0 Å². The molecule has 0 radical (unpaired) electrons. The monoisotopic (exact) mass is 253 g/mol. The van der Waals surface area contributed by atoms with E-state index in [1.807, 2.05) is 12.1 Å². The van der Waals surface area contributed by atoms with Crippen LogP contribution in [0.5, 0.6) is 0 Å². The van der Waals surface area contributed by atoms with Gasteiger partial charge in [0.05, 0.1) is 6.10 Å². The zero-order valence-corrected chi connectivity index (χ0v) is 11.2. The molecule has 0 unspecified atom stereocenters. The predicted octanol–water partition coefficient (Wildman–Crippen LogP) is 4.00. The molecular formula is C17H19NO. The van der Waals surface area contributed by atoms with Gasteiger partial charge in [-0.05, 0) is 31.0 Å². The average molecular weight is 253 g/mol. The summed E-state index contributed by atoms with van der Waals surface area (Å²) in [4.78, 5) is 2.32. The van der Waals surface area contributed by atoms with Crippen molar-refractivity contribution >= 4 is 5.69 Å². The summed E-state index contributed by atoms with van der Waals surface area (Å²) >= 11 is 0. The number of ether oxygens (including phenoxy) is 1. The molecule has 2 atom stereocenters. The molecule has 19 heavy (non-hydrogen) atoms. The highest BCUT2D eigenvalue weighted by Crippen LogP contribution is 2.31. The molecule has 0 saturated carbocycles. The second-order valence-electron chi connectivity index (χ2n) is 5.09. The predicted molar refractivity (Wildman–Crippen MR) is 78.1 cm³/mol. The summed E-state index contributed by atoms with van der Waals surface area (Å²) in [6.07, 6.45) is 1.25. The van der Waals surface area contributed by atoms with Crippen LogP contribution < -0.4 is 4.90 Å². The normalized spacial score (nSPS) is 23.3. The Labute approximate surface area is 114 Å². The summed E-state index contributed by atoms with van der Waals surface area (Å²) in [7, 11) is 0. The Morgan fingerprint density at radius 3 is 2.21 bits per heavy atom. The Hall–Kier alpha value is -1.80. The van der Waals surface area contributed by atoms with Gasteiger partial charge in [0.25, 0.3) is 0 Å². The van der Waals surface area contributed by atoms with Gasteiger partial charge in [-0.2, -0.15) is 0 Å². The van der Waals surface area contributed by atoms with Crippen LogP contribution in [0.15, 0.2) is 60.7 Å². The minimum atomic E-state index is 0.219. The molecule has 1 heterocycles. The zero-order chi connectivity index (χ0) is 13.1. The number of benzene rings is 2. The van der Waals surface area contributed by atoms with Crippen LogP contribution in [0.3, 0.4) is 0 Å². The SMILES string of the molecule is C[C@H]1C[C@@H](c2ccccc2)OCN1c1ccccc1. The third-order valence-corrected chi connectivity index (χ3v) is 3.76. The summed E-state index contributed by atoms with van der Waals surface area (Å²) in [6, 6.07) is 21.5. The lowest BCUT2D eigenvalue weighted by atomic mass is 10.0. The van der Waals surface area contributed by atoms with Crippen molar-refractivity contribution in [3.8, 4) is 0 Å². The Morgan fingerprint density at radius 2 is 1.58 bits per heavy atom. The molecule has 1 saturated heterocycles. The van der Waals surface area contributed by atoms with Gasteiger partial charge in [0.15, 0.2) is 0 Å².